The minimum absolute atomic E-state index is 0.0821. The monoisotopic (exact) mass is 280 g/mol. The molecular formula is C14H17ClN2O2. The molecule has 2 amide bonds. The van der Waals surface area contributed by atoms with Gasteiger partial charge in [0.1, 0.15) is 0 Å². The van der Waals surface area contributed by atoms with E-state index in [1.54, 1.807) is 32.3 Å². The lowest BCUT2D eigenvalue weighted by atomic mass is 10.2. The Balaban J connectivity index is 2.49. The van der Waals surface area contributed by atoms with E-state index in [1.807, 2.05) is 12.1 Å². The van der Waals surface area contributed by atoms with Gasteiger partial charge in [-0.15, -0.1) is 0 Å². The summed E-state index contributed by atoms with van der Waals surface area (Å²) in [5, 5.41) is 3.17. The van der Waals surface area contributed by atoms with Crippen molar-refractivity contribution >= 4 is 29.5 Å². The molecule has 1 aromatic carbocycles. The Kier molecular flexibility index (Phi) is 6.09. The van der Waals surface area contributed by atoms with Crippen molar-refractivity contribution in [2.45, 2.75) is 6.42 Å². The summed E-state index contributed by atoms with van der Waals surface area (Å²) < 4.78 is 0. The fourth-order valence-corrected chi connectivity index (χ4v) is 1.50. The van der Waals surface area contributed by atoms with E-state index >= 15 is 0 Å². The molecule has 19 heavy (non-hydrogen) atoms. The average molecular weight is 281 g/mol. The largest absolute Gasteiger partial charge is 0.359 e. The van der Waals surface area contributed by atoms with E-state index in [2.05, 4.69) is 5.32 Å². The van der Waals surface area contributed by atoms with Gasteiger partial charge in [0.05, 0.1) is 0 Å². The first-order chi connectivity index (χ1) is 9.02. The number of halogens is 1. The van der Waals surface area contributed by atoms with Crippen molar-refractivity contribution in [2.24, 2.45) is 0 Å². The fourth-order valence-electron chi connectivity index (χ4n) is 1.37. The van der Waals surface area contributed by atoms with Gasteiger partial charge in [-0.3, -0.25) is 9.59 Å². The molecule has 0 fully saturated rings. The lowest BCUT2D eigenvalue weighted by Gasteiger charge is -2.14. The molecule has 0 heterocycles. The van der Waals surface area contributed by atoms with E-state index in [0.29, 0.717) is 18.0 Å². The number of hydrogen-bond donors (Lipinski definition) is 1. The van der Waals surface area contributed by atoms with Gasteiger partial charge in [-0.05, 0) is 23.8 Å². The number of rotatable bonds is 5. The molecule has 0 aliphatic rings. The van der Waals surface area contributed by atoms with Gasteiger partial charge in [-0.1, -0.05) is 23.7 Å². The first kappa shape index (κ1) is 15.2. The highest BCUT2D eigenvalue weighted by Gasteiger charge is 2.06. The number of likely N-dealkylation sites (N-methyl/N-ethyl adjacent to an activating group) is 1. The number of hydrogen-bond acceptors (Lipinski definition) is 2. The second-order valence-electron chi connectivity index (χ2n) is 4.07. The Morgan fingerprint density at radius 1 is 1.32 bits per heavy atom. The molecule has 0 aliphatic heterocycles. The second-order valence-corrected chi connectivity index (χ2v) is 4.50. The van der Waals surface area contributed by atoms with Crippen LogP contribution in [-0.4, -0.2) is 37.4 Å². The van der Waals surface area contributed by atoms with Crippen molar-refractivity contribution in [3.63, 3.8) is 0 Å². The maximum absolute atomic E-state index is 11.8. The summed E-state index contributed by atoms with van der Waals surface area (Å²) in [4.78, 5) is 24.3. The molecule has 0 saturated carbocycles. The standard InChI is InChI=1S/C14H17ClN2O2/c1-16-13(18)9-10-17(2)14(19)8-5-11-3-6-12(15)7-4-11/h3-8H,9-10H2,1-2H3,(H,16,18)/b8-5+. The summed E-state index contributed by atoms with van der Waals surface area (Å²) in [6.45, 7) is 0.392. The molecule has 0 unspecified atom stereocenters. The zero-order valence-electron chi connectivity index (χ0n) is 11.0. The van der Waals surface area contributed by atoms with Gasteiger partial charge in [0.25, 0.3) is 0 Å². The second kappa shape index (κ2) is 7.59. The van der Waals surface area contributed by atoms with Crippen LogP contribution >= 0.6 is 11.6 Å². The van der Waals surface area contributed by atoms with Crippen LogP contribution in [0.15, 0.2) is 30.3 Å². The molecule has 0 aromatic heterocycles. The molecule has 5 heteroatoms. The zero-order chi connectivity index (χ0) is 14.3. The van der Waals surface area contributed by atoms with Crippen molar-refractivity contribution in [1.29, 1.82) is 0 Å². The number of carbonyl (C=O) groups is 2. The summed E-state index contributed by atoms with van der Waals surface area (Å²) in [6, 6.07) is 7.19. The number of amides is 2. The van der Waals surface area contributed by atoms with Crippen LogP contribution in [0.5, 0.6) is 0 Å². The molecule has 0 radical (unpaired) electrons. The lowest BCUT2D eigenvalue weighted by molar-refractivity contribution is -0.126. The highest BCUT2D eigenvalue weighted by molar-refractivity contribution is 6.30. The van der Waals surface area contributed by atoms with E-state index < -0.39 is 0 Å². The SMILES string of the molecule is CNC(=O)CCN(C)C(=O)/C=C/c1ccc(Cl)cc1. The molecule has 1 aromatic rings. The predicted octanol–water partition coefficient (Wildman–Crippen LogP) is 1.95. The van der Waals surface area contributed by atoms with Gasteiger partial charge < -0.3 is 10.2 Å². The van der Waals surface area contributed by atoms with Gasteiger partial charge in [0.15, 0.2) is 0 Å². The number of nitrogens with zero attached hydrogens (tertiary/aromatic N) is 1. The van der Waals surface area contributed by atoms with Crippen LogP contribution in [0.4, 0.5) is 0 Å². The zero-order valence-corrected chi connectivity index (χ0v) is 11.8. The van der Waals surface area contributed by atoms with Crippen molar-refractivity contribution in [3.8, 4) is 0 Å². The third-order valence-corrected chi connectivity index (χ3v) is 2.87. The Labute approximate surface area is 118 Å². The molecule has 4 nitrogen and oxygen atoms in total. The quantitative estimate of drug-likeness (QED) is 0.838. The predicted molar refractivity (Wildman–Crippen MR) is 76.8 cm³/mol. The van der Waals surface area contributed by atoms with Crippen LogP contribution in [0, 0.1) is 0 Å². The molecule has 1 rings (SSSR count). The van der Waals surface area contributed by atoms with E-state index in [-0.39, 0.29) is 11.8 Å². The van der Waals surface area contributed by atoms with Crippen molar-refractivity contribution < 1.29 is 9.59 Å². The summed E-state index contributed by atoms with van der Waals surface area (Å²) in [5.74, 6) is -0.222. The average Bonchev–Trinajstić information content (AvgIpc) is 2.43. The summed E-state index contributed by atoms with van der Waals surface area (Å²) >= 11 is 5.77. The van der Waals surface area contributed by atoms with Gasteiger partial charge in [0, 0.05) is 38.2 Å². The number of carbonyl (C=O) groups excluding carboxylic acids is 2. The van der Waals surface area contributed by atoms with E-state index in [0.717, 1.165) is 5.56 Å². The normalized spacial score (nSPS) is 10.5. The van der Waals surface area contributed by atoms with Crippen LogP contribution in [0.3, 0.4) is 0 Å². The van der Waals surface area contributed by atoms with Gasteiger partial charge in [-0.2, -0.15) is 0 Å². The lowest BCUT2D eigenvalue weighted by Crippen LogP contribution is -2.30. The van der Waals surface area contributed by atoms with Crippen molar-refractivity contribution in [1.82, 2.24) is 10.2 Å². The minimum atomic E-state index is -0.140. The van der Waals surface area contributed by atoms with Crippen molar-refractivity contribution in [3.05, 3.63) is 40.9 Å². The third-order valence-electron chi connectivity index (χ3n) is 2.62. The highest BCUT2D eigenvalue weighted by Crippen LogP contribution is 2.10. The smallest absolute Gasteiger partial charge is 0.246 e. The van der Waals surface area contributed by atoms with Crippen LogP contribution in [0.1, 0.15) is 12.0 Å². The maximum Gasteiger partial charge on any atom is 0.246 e. The Bertz CT molecular complexity index is 469. The Morgan fingerprint density at radius 2 is 1.95 bits per heavy atom. The van der Waals surface area contributed by atoms with E-state index in [4.69, 9.17) is 11.6 Å². The molecule has 0 atom stereocenters. The Morgan fingerprint density at radius 3 is 2.53 bits per heavy atom. The highest BCUT2D eigenvalue weighted by atomic mass is 35.5. The minimum Gasteiger partial charge on any atom is -0.359 e. The summed E-state index contributed by atoms with van der Waals surface area (Å²) in [5.41, 5.74) is 0.900. The number of nitrogens with one attached hydrogen (secondary N) is 1. The maximum atomic E-state index is 11.8. The third kappa shape index (κ3) is 5.57. The fraction of sp³-hybridized carbons (Fsp3) is 0.286. The van der Waals surface area contributed by atoms with E-state index in [9.17, 15) is 9.59 Å². The molecule has 0 bridgehead atoms. The molecule has 0 spiro atoms. The molecule has 1 N–H and O–H groups in total. The first-order valence-corrected chi connectivity index (χ1v) is 6.30. The van der Waals surface area contributed by atoms with Crippen LogP contribution in [-0.2, 0) is 9.59 Å². The van der Waals surface area contributed by atoms with E-state index in [1.165, 1.54) is 11.0 Å². The Hall–Kier alpha value is -1.81. The van der Waals surface area contributed by atoms with Crippen LogP contribution < -0.4 is 5.32 Å². The number of benzene rings is 1. The summed E-state index contributed by atoms with van der Waals surface area (Å²) in [6.07, 6.45) is 3.50. The van der Waals surface area contributed by atoms with Crippen LogP contribution in [0.2, 0.25) is 5.02 Å². The molecule has 102 valence electrons. The molecular weight excluding hydrogens is 264 g/mol. The van der Waals surface area contributed by atoms with Gasteiger partial charge >= 0.3 is 0 Å². The molecule has 0 aliphatic carbocycles. The van der Waals surface area contributed by atoms with Crippen molar-refractivity contribution in [2.75, 3.05) is 20.6 Å². The van der Waals surface area contributed by atoms with Crippen LogP contribution in [0.25, 0.3) is 6.08 Å². The van der Waals surface area contributed by atoms with Gasteiger partial charge in [-0.25, -0.2) is 0 Å². The van der Waals surface area contributed by atoms with Gasteiger partial charge in [0.2, 0.25) is 11.8 Å². The topological polar surface area (TPSA) is 49.4 Å². The first-order valence-electron chi connectivity index (χ1n) is 5.92. The summed E-state index contributed by atoms with van der Waals surface area (Å²) in [7, 11) is 3.24. The molecule has 0 saturated heterocycles.